The third kappa shape index (κ3) is 9.68. The lowest BCUT2D eigenvalue weighted by Crippen LogP contribution is -2.68. The van der Waals surface area contributed by atoms with Gasteiger partial charge in [-0.25, -0.2) is 9.59 Å². The SMILES string of the molecule is CCCCC(NC(=O)OCc1ccccc1)(NC(=O)OC(C)(C)C)C(=O)NCc1ccc(C)cc1. The summed E-state index contributed by atoms with van der Waals surface area (Å²) in [6.45, 7) is 9.35. The van der Waals surface area contributed by atoms with E-state index in [4.69, 9.17) is 9.47 Å². The third-order valence-corrected chi connectivity index (χ3v) is 5.11. The van der Waals surface area contributed by atoms with E-state index in [2.05, 4.69) is 16.0 Å². The van der Waals surface area contributed by atoms with E-state index in [1.807, 2.05) is 68.4 Å². The van der Waals surface area contributed by atoms with Gasteiger partial charge in [-0.1, -0.05) is 73.5 Å². The van der Waals surface area contributed by atoms with E-state index in [-0.39, 0.29) is 19.6 Å². The predicted octanol–water partition coefficient (Wildman–Crippen LogP) is 4.95. The first kappa shape index (κ1) is 27.7. The normalized spacial score (nSPS) is 12.7. The van der Waals surface area contributed by atoms with Crippen LogP contribution in [0.3, 0.4) is 0 Å². The summed E-state index contributed by atoms with van der Waals surface area (Å²) in [5.41, 5.74) is 0.249. The average Bonchev–Trinajstić information content (AvgIpc) is 2.80. The molecule has 2 aromatic carbocycles. The number of carbonyl (C=O) groups is 3. The van der Waals surface area contributed by atoms with Crippen molar-refractivity contribution in [2.45, 2.75) is 78.3 Å². The van der Waals surface area contributed by atoms with Crippen LogP contribution >= 0.6 is 0 Å². The number of aryl methyl sites for hydroxylation is 1. The molecule has 0 saturated carbocycles. The van der Waals surface area contributed by atoms with Crippen LogP contribution in [0, 0.1) is 6.92 Å². The summed E-state index contributed by atoms with van der Waals surface area (Å²) in [7, 11) is 0. The van der Waals surface area contributed by atoms with Gasteiger partial charge in [-0.3, -0.25) is 15.4 Å². The van der Waals surface area contributed by atoms with Gasteiger partial charge in [0.1, 0.15) is 12.2 Å². The molecule has 0 aliphatic heterocycles. The van der Waals surface area contributed by atoms with Gasteiger partial charge in [0.25, 0.3) is 5.91 Å². The standard InChI is InChI=1S/C27H37N3O5/c1-6-7-17-27(30-25(33)35-26(3,4)5,23(31)28-18-21-15-13-20(2)14-16-21)29-24(32)34-19-22-11-9-8-10-12-22/h8-16H,6-7,17-19H2,1-5H3,(H,28,31)(H,29,32)(H,30,33). The molecule has 0 fully saturated rings. The Labute approximate surface area is 207 Å². The molecular formula is C27H37N3O5. The molecule has 0 aliphatic carbocycles. The van der Waals surface area contributed by atoms with Gasteiger partial charge < -0.3 is 14.8 Å². The van der Waals surface area contributed by atoms with Crippen molar-refractivity contribution in [1.29, 1.82) is 0 Å². The first-order valence-corrected chi connectivity index (χ1v) is 11.9. The molecule has 0 bridgehead atoms. The van der Waals surface area contributed by atoms with E-state index in [9.17, 15) is 14.4 Å². The molecule has 1 unspecified atom stereocenters. The second kappa shape index (κ2) is 12.8. The number of alkyl carbamates (subject to hydrolysis) is 2. The molecule has 0 radical (unpaired) electrons. The highest BCUT2D eigenvalue weighted by molar-refractivity contribution is 5.92. The Kier molecular flexibility index (Phi) is 10.1. The minimum atomic E-state index is -1.75. The van der Waals surface area contributed by atoms with E-state index in [0.29, 0.717) is 6.42 Å². The maximum Gasteiger partial charge on any atom is 0.409 e. The highest BCUT2D eigenvalue weighted by atomic mass is 16.6. The van der Waals surface area contributed by atoms with Crippen LogP contribution in [0.15, 0.2) is 54.6 Å². The smallest absolute Gasteiger partial charge is 0.409 e. The molecule has 2 aromatic rings. The van der Waals surface area contributed by atoms with Gasteiger partial charge in [0.15, 0.2) is 5.66 Å². The van der Waals surface area contributed by atoms with Crippen molar-refractivity contribution in [3.05, 3.63) is 71.3 Å². The lowest BCUT2D eigenvalue weighted by Gasteiger charge is -2.34. The number of rotatable bonds is 10. The first-order chi connectivity index (χ1) is 16.5. The van der Waals surface area contributed by atoms with Gasteiger partial charge in [0.2, 0.25) is 0 Å². The Hall–Kier alpha value is -3.55. The molecule has 0 aliphatic rings. The van der Waals surface area contributed by atoms with Crippen molar-refractivity contribution in [3.8, 4) is 0 Å². The molecule has 190 valence electrons. The Morgan fingerprint density at radius 1 is 0.857 bits per heavy atom. The van der Waals surface area contributed by atoms with Gasteiger partial charge in [-0.2, -0.15) is 0 Å². The summed E-state index contributed by atoms with van der Waals surface area (Å²) >= 11 is 0. The minimum absolute atomic E-state index is 0.0218. The van der Waals surface area contributed by atoms with Crippen LogP contribution in [0.2, 0.25) is 0 Å². The van der Waals surface area contributed by atoms with Crippen LogP contribution in [0.1, 0.15) is 63.6 Å². The zero-order chi connectivity index (χ0) is 25.9. The molecular weight excluding hydrogens is 446 g/mol. The molecule has 35 heavy (non-hydrogen) atoms. The van der Waals surface area contributed by atoms with Crippen molar-refractivity contribution in [2.75, 3.05) is 0 Å². The molecule has 0 spiro atoms. The fourth-order valence-electron chi connectivity index (χ4n) is 3.28. The van der Waals surface area contributed by atoms with Crippen molar-refractivity contribution < 1.29 is 23.9 Å². The molecule has 8 heteroatoms. The van der Waals surface area contributed by atoms with Crippen LogP contribution in [-0.2, 0) is 27.4 Å². The number of carbonyl (C=O) groups excluding carboxylic acids is 3. The van der Waals surface area contributed by atoms with Crippen molar-refractivity contribution >= 4 is 18.1 Å². The molecule has 0 saturated heterocycles. The maximum absolute atomic E-state index is 13.5. The summed E-state index contributed by atoms with van der Waals surface area (Å²) < 4.78 is 10.7. The fraction of sp³-hybridized carbons (Fsp3) is 0.444. The number of hydrogen-bond donors (Lipinski definition) is 3. The number of hydrogen-bond acceptors (Lipinski definition) is 5. The van der Waals surface area contributed by atoms with Crippen LogP contribution in [0.25, 0.3) is 0 Å². The maximum atomic E-state index is 13.5. The number of nitrogens with one attached hydrogen (secondary N) is 3. The van der Waals surface area contributed by atoms with Crippen molar-refractivity contribution in [3.63, 3.8) is 0 Å². The van der Waals surface area contributed by atoms with Crippen LogP contribution in [0.4, 0.5) is 9.59 Å². The predicted molar refractivity (Wildman–Crippen MR) is 134 cm³/mol. The van der Waals surface area contributed by atoms with Gasteiger partial charge >= 0.3 is 12.2 Å². The number of benzene rings is 2. The van der Waals surface area contributed by atoms with Crippen LogP contribution in [0.5, 0.6) is 0 Å². The van der Waals surface area contributed by atoms with E-state index >= 15 is 0 Å². The van der Waals surface area contributed by atoms with Gasteiger partial charge in [-0.05, 0) is 51.7 Å². The minimum Gasteiger partial charge on any atom is -0.445 e. The van der Waals surface area contributed by atoms with Crippen LogP contribution < -0.4 is 16.0 Å². The topological polar surface area (TPSA) is 106 Å². The summed E-state index contributed by atoms with van der Waals surface area (Å²) in [6.07, 6.45) is -0.187. The van der Waals surface area contributed by atoms with Crippen molar-refractivity contribution in [1.82, 2.24) is 16.0 Å². The molecule has 3 N–H and O–H groups in total. The molecule has 0 heterocycles. The quantitative estimate of drug-likeness (QED) is 0.415. The van der Waals surface area contributed by atoms with Crippen molar-refractivity contribution in [2.24, 2.45) is 0 Å². The monoisotopic (exact) mass is 483 g/mol. The third-order valence-electron chi connectivity index (χ3n) is 5.11. The Morgan fingerprint density at radius 3 is 2.09 bits per heavy atom. The van der Waals surface area contributed by atoms with E-state index in [1.165, 1.54) is 0 Å². The number of amides is 3. The van der Waals surface area contributed by atoms with Gasteiger partial charge in [0.05, 0.1) is 0 Å². The largest absolute Gasteiger partial charge is 0.445 e. The zero-order valence-corrected chi connectivity index (χ0v) is 21.3. The highest BCUT2D eigenvalue weighted by Gasteiger charge is 2.42. The average molecular weight is 484 g/mol. The first-order valence-electron chi connectivity index (χ1n) is 11.9. The van der Waals surface area contributed by atoms with E-state index in [0.717, 1.165) is 23.1 Å². The van der Waals surface area contributed by atoms with Gasteiger partial charge in [-0.15, -0.1) is 0 Å². The van der Waals surface area contributed by atoms with Crippen LogP contribution in [-0.4, -0.2) is 29.4 Å². The summed E-state index contributed by atoms with van der Waals surface area (Å²) in [5.74, 6) is -0.561. The number of unbranched alkanes of at least 4 members (excludes halogenated alkanes) is 1. The lowest BCUT2D eigenvalue weighted by molar-refractivity contribution is -0.129. The molecule has 0 aromatic heterocycles. The Morgan fingerprint density at radius 2 is 1.49 bits per heavy atom. The summed E-state index contributed by atoms with van der Waals surface area (Å²) in [6, 6.07) is 16.9. The number of ether oxygens (including phenoxy) is 2. The molecule has 1 atom stereocenters. The molecule has 2 rings (SSSR count). The van der Waals surface area contributed by atoms with Gasteiger partial charge in [0, 0.05) is 6.54 Å². The van der Waals surface area contributed by atoms with E-state index < -0.39 is 29.4 Å². The molecule has 3 amide bonds. The Balaban J connectivity index is 2.23. The Bertz CT molecular complexity index is 971. The fourth-order valence-corrected chi connectivity index (χ4v) is 3.28. The zero-order valence-electron chi connectivity index (χ0n) is 21.3. The summed E-state index contributed by atoms with van der Waals surface area (Å²) in [5, 5.41) is 8.06. The second-order valence-corrected chi connectivity index (χ2v) is 9.49. The highest BCUT2D eigenvalue weighted by Crippen LogP contribution is 2.16. The second-order valence-electron chi connectivity index (χ2n) is 9.49. The van der Waals surface area contributed by atoms with E-state index in [1.54, 1.807) is 20.8 Å². The summed E-state index contributed by atoms with van der Waals surface area (Å²) in [4.78, 5) is 39.0. The lowest BCUT2D eigenvalue weighted by atomic mass is 10.0. The molecule has 8 nitrogen and oxygen atoms in total.